The van der Waals surface area contributed by atoms with Crippen LogP contribution < -0.4 is 0 Å². The van der Waals surface area contributed by atoms with Crippen molar-refractivity contribution in [1.82, 2.24) is 0 Å². The summed E-state index contributed by atoms with van der Waals surface area (Å²) in [5.74, 6) is -17.7. The maximum absolute atomic E-state index is 14.5. The first kappa shape index (κ1) is 106. The van der Waals surface area contributed by atoms with Gasteiger partial charge in [0.1, 0.15) is 31.0 Å². The van der Waals surface area contributed by atoms with Crippen LogP contribution >= 0.6 is 0 Å². The second-order valence-electron chi connectivity index (χ2n) is 31.3. The predicted molar refractivity (Wildman–Crippen MR) is 413 cm³/mol. The molecule has 5 saturated heterocycles. The molecule has 5 rings (SSSR count). The number of carbonyl (C=O) groups excluding carboxylic acids is 15. The molecule has 5 aliphatic heterocycles. The van der Waals surface area contributed by atoms with Crippen LogP contribution in [0.4, 0.5) is 0 Å². The quantitative estimate of drug-likeness (QED) is 0.0494. The molecular weight excluding hydrogens is 1660 g/mol. The summed E-state index contributed by atoms with van der Waals surface area (Å²) < 4.78 is 154. The van der Waals surface area contributed by atoms with Crippen molar-refractivity contribution in [2.45, 2.75) is 394 Å². The summed E-state index contributed by atoms with van der Waals surface area (Å²) in [6.07, 6.45) is -45.9. The van der Waals surface area contributed by atoms with Crippen molar-refractivity contribution in [2.24, 2.45) is 17.8 Å². The minimum absolute atomic E-state index is 0.152. The summed E-state index contributed by atoms with van der Waals surface area (Å²) in [5, 5.41) is 20.5. The second-order valence-corrected chi connectivity index (χ2v) is 31.3. The topological polar surface area (TPSA) is 527 Å². The van der Waals surface area contributed by atoms with E-state index >= 15 is 0 Å². The number of unbranched alkanes of at least 4 members (excludes halogenated alkanes) is 4. The van der Waals surface area contributed by atoms with Gasteiger partial charge in [-0.25, -0.2) is 0 Å². The fourth-order valence-corrected chi connectivity index (χ4v) is 14.3. The molecule has 32 atom stereocenters. The van der Waals surface area contributed by atoms with E-state index < -0.39 is 298 Å². The Morgan fingerprint density at radius 1 is 0.347 bits per heavy atom. The molecule has 5 heterocycles. The molecule has 5 aliphatic rings. The van der Waals surface area contributed by atoms with Gasteiger partial charge in [0, 0.05) is 76.2 Å². The smallest absolute Gasteiger partial charge is 0.312 e. The van der Waals surface area contributed by atoms with E-state index in [1.807, 2.05) is 6.92 Å². The highest BCUT2D eigenvalue weighted by atomic mass is 16.8. The molecule has 0 aromatic heterocycles. The van der Waals surface area contributed by atoms with Crippen molar-refractivity contribution in [3.8, 4) is 0 Å². The van der Waals surface area contributed by atoms with Crippen LogP contribution in [0.1, 0.15) is 216 Å². The fraction of sp³-hybridized carbons (Fsp3) is 0.817. The molecule has 0 spiro atoms. The zero-order valence-electron chi connectivity index (χ0n) is 74.4. The van der Waals surface area contributed by atoms with Crippen molar-refractivity contribution in [2.75, 3.05) is 20.3 Å². The lowest BCUT2D eigenvalue weighted by Crippen LogP contribution is -2.69. The molecule has 706 valence electrons. The minimum Gasteiger partial charge on any atom is -0.469 e. The van der Waals surface area contributed by atoms with Gasteiger partial charge in [0.2, 0.25) is 0 Å². The van der Waals surface area contributed by atoms with Crippen LogP contribution in [0, 0.1) is 17.8 Å². The van der Waals surface area contributed by atoms with Crippen molar-refractivity contribution >= 4 is 89.5 Å². The largest absolute Gasteiger partial charge is 0.469 e. The maximum atomic E-state index is 14.5. The Labute approximate surface area is 719 Å². The summed E-state index contributed by atoms with van der Waals surface area (Å²) in [4.78, 5) is 200. The van der Waals surface area contributed by atoms with Gasteiger partial charge in [0.15, 0.2) is 117 Å². The Morgan fingerprint density at radius 3 is 1.15 bits per heavy atom. The van der Waals surface area contributed by atoms with Gasteiger partial charge in [-0.3, -0.25) is 71.9 Å². The first-order valence-electron chi connectivity index (χ1n) is 41.6. The van der Waals surface area contributed by atoms with Gasteiger partial charge in [-0.2, -0.15) is 0 Å². The number of ether oxygens (including phenoxy) is 25. The lowest BCUT2D eigenvalue weighted by molar-refractivity contribution is -0.401. The Balaban J connectivity index is 1.77. The van der Waals surface area contributed by atoms with Crippen molar-refractivity contribution in [3.05, 3.63) is 0 Å². The van der Waals surface area contributed by atoms with E-state index in [1.54, 1.807) is 6.92 Å². The van der Waals surface area contributed by atoms with Gasteiger partial charge in [-0.15, -0.1) is 0 Å². The zero-order valence-corrected chi connectivity index (χ0v) is 74.4. The molecule has 0 bridgehead atoms. The van der Waals surface area contributed by atoms with E-state index in [9.17, 15) is 82.1 Å². The van der Waals surface area contributed by atoms with Gasteiger partial charge in [0.25, 0.3) is 0 Å². The van der Waals surface area contributed by atoms with E-state index in [4.69, 9.17) is 118 Å². The third-order valence-corrected chi connectivity index (χ3v) is 20.8. The van der Waals surface area contributed by atoms with Gasteiger partial charge in [-0.1, -0.05) is 59.3 Å². The third-order valence-electron chi connectivity index (χ3n) is 20.8. The number of aliphatic hydroxyl groups is 2. The molecule has 0 radical (unpaired) electrons. The second kappa shape index (κ2) is 50.8. The molecule has 0 unspecified atom stereocenters. The highest BCUT2D eigenvalue weighted by Gasteiger charge is 2.62. The summed E-state index contributed by atoms with van der Waals surface area (Å²) in [7, 11) is 1.21. The van der Waals surface area contributed by atoms with Crippen LogP contribution in [0.3, 0.4) is 0 Å². The predicted octanol–water partition coefficient (Wildman–Crippen LogP) is 4.02. The monoisotopic (exact) mass is 1780 g/mol. The molecule has 0 aromatic carbocycles. The lowest BCUT2D eigenvalue weighted by atomic mass is 9.95. The van der Waals surface area contributed by atoms with Crippen LogP contribution in [0.2, 0.25) is 0 Å². The van der Waals surface area contributed by atoms with Crippen LogP contribution in [-0.2, 0) is 190 Å². The molecule has 0 aliphatic carbocycles. The van der Waals surface area contributed by atoms with E-state index in [0.29, 0.717) is 44.9 Å². The van der Waals surface area contributed by atoms with Gasteiger partial charge >= 0.3 is 89.5 Å². The number of rotatable bonds is 44. The van der Waals surface area contributed by atoms with E-state index in [2.05, 4.69) is 0 Å². The molecule has 42 nitrogen and oxygen atoms in total. The van der Waals surface area contributed by atoms with Crippen molar-refractivity contribution in [1.29, 1.82) is 0 Å². The normalized spacial score (nSPS) is 31.5. The molecule has 0 saturated carbocycles. The molecule has 0 amide bonds. The van der Waals surface area contributed by atoms with E-state index in [0.717, 1.165) is 76.2 Å². The molecule has 124 heavy (non-hydrogen) atoms. The standard InChI is InChI=1S/C82H126O42/c1-23-30-56(32-29-27-25-26-28-31-55(95)33-59(96)100-22)117-81-73(68(112-50(17)90)64(109-47(14)87)58(118-81)35-102-78-70(114-52(19)92)66(111-49(16)89)61(42(9)104-78)120-77(99)38(5)40(7)103-76(98)37(4)39(6)83)124-82-74(69(113-51(18)91)63(108-46(13)86)57(119-82)34-101-44(11)84)123-80-72(116-54(21)94)67(121-75(97)36(3)24-2)62(43(10)106-80)122-79-71(115-53(20)93)65(110-48(15)88)60(41(8)105-79)107-45(12)85/h36-43,55-58,60-74,78-83,95H,23-35H2,1-22H3/t36-,37+,38+,39+,40+,41+,42-,43-,55-,56-,57+,58+,60+,61-,62-,63+,64+,65-,66+,67+,68-,69-,70+,71+,72+,73+,74+,78+,79-,80-,81+,82-/m0/s1. The van der Waals surface area contributed by atoms with Crippen LogP contribution in [0.5, 0.6) is 0 Å². The third kappa shape index (κ3) is 32.5. The summed E-state index contributed by atoms with van der Waals surface area (Å²) in [5.41, 5.74) is 0. The van der Waals surface area contributed by atoms with Crippen LogP contribution in [-0.4, -0.2) is 298 Å². The SMILES string of the molecule is CCC[C@@H](CCCCCCC[C@H](O)CC(=O)OC)O[C@@H]1O[C@H](CO[C@@H]2O[C@@H](C)[C@H](OC(=O)[C@H](C)[C@@H](C)OC(=O)[C@H](C)[C@@H](C)O)[C@@H](OC(C)=O)[C@H]2OC(C)=O)[C@@H](OC(C)=O)[C@H](OC(C)=O)[C@H]1O[C@@H]1O[C@H](COC(C)=O)[C@@H](OC(C)=O)[C@H](OC(C)=O)[C@H]1O[C@@H]1O[C@@H](C)[C@H](O[C@@H]2O[C@H](C)[C@@H](OC(C)=O)[C@H](OC(C)=O)[C@H]2OC(C)=O)[C@@H](OC(=O)[C@@H](C)CC)[C@H]1OC(C)=O. The Morgan fingerprint density at radius 2 is 0.702 bits per heavy atom. The lowest BCUT2D eigenvalue weighted by Gasteiger charge is -2.51. The van der Waals surface area contributed by atoms with Gasteiger partial charge in [0.05, 0.1) is 74.5 Å². The minimum atomic E-state index is -2.28. The summed E-state index contributed by atoms with van der Waals surface area (Å²) in [6, 6.07) is 0. The van der Waals surface area contributed by atoms with E-state index in [-0.39, 0.29) is 25.7 Å². The molecule has 42 heteroatoms. The molecule has 0 aromatic rings. The number of carbonyl (C=O) groups is 15. The number of hydrogen-bond acceptors (Lipinski definition) is 42. The average molecular weight is 1780 g/mol. The van der Waals surface area contributed by atoms with Gasteiger partial charge in [-0.05, 0) is 74.1 Å². The zero-order chi connectivity index (χ0) is 93.0. The highest BCUT2D eigenvalue weighted by molar-refractivity contribution is 5.77. The molecule has 2 N–H and O–H groups in total. The number of esters is 15. The van der Waals surface area contributed by atoms with Crippen molar-refractivity contribution in [3.63, 3.8) is 0 Å². The molecular formula is C82H126O42. The van der Waals surface area contributed by atoms with E-state index in [1.165, 1.54) is 62.5 Å². The van der Waals surface area contributed by atoms with Crippen molar-refractivity contribution < 1.29 is 201 Å². The Bertz CT molecular complexity index is 3550. The maximum Gasteiger partial charge on any atom is 0.312 e. The first-order valence-corrected chi connectivity index (χ1v) is 41.6. The summed E-state index contributed by atoms with van der Waals surface area (Å²) in [6.45, 7) is 23.9. The summed E-state index contributed by atoms with van der Waals surface area (Å²) >= 11 is 0. The average Bonchev–Trinajstić information content (AvgIpc) is 0.759. The number of aliphatic hydroxyl groups excluding tert-OH is 2. The molecule has 5 fully saturated rings. The number of methoxy groups -OCH3 is 1. The Hall–Kier alpha value is -8.43. The van der Waals surface area contributed by atoms with Gasteiger partial charge < -0.3 is 129 Å². The van der Waals surface area contributed by atoms with Crippen LogP contribution in [0.15, 0.2) is 0 Å². The number of hydrogen-bond donors (Lipinski definition) is 2. The fourth-order valence-electron chi connectivity index (χ4n) is 14.3. The Kier molecular flexibility index (Phi) is 43.5. The highest BCUT2D eigenvalue weighted by Crippen LogP contribution is 2.42. The van der Waals surface area contributed by atoms with Crippen LogP contribution in [0.25, 0.3) is 0 Å². The first-order chi connectivity index (χ1) is 58.2.